The van der Waals surface area contributed by atoms with Crippen molar-refractivity contribution >= 4 is 27.7 Å². The van der Waals surface area contributed by atoms with Crippen LogP contribution >= 0.6 is 27.7 Å². The Labute approximate surface area is 130 Å². The summed E-state index contributed by atoms with van der Waals surface area (Å²) in [6.07, 6.45) is 3.28. The van der Waals surface area contributed by atoms with E-state index in [1.54, 1.807) is 0 Å². The number of nitrogens with one attached hydrogen (secondary N) is 1. The van der Waals surface area contributed by atoms with Crippen LogP contribution in [-0.4, -0.2) is 18.3 Å². The molecule has 0 heterocycles. The Kier molecular flexibility index (Phi) is 9.07. The van der Waals surface area contributed by atoms with E-state index in [9.17, 15) is 0 Å². The lowest BCUT2D eigenvalue weighted by Gasteiger charge is -2.17. The van der Waals surface area contributed by atoms with Gasteiger partial charge in [-0.2, -0.15) is 0 Å². The molecule has 0 saturated carbocycles. The fourth-order valence-corrected chi connectivity index (χ4v) is 3.39. The van der Waals surface area contributed by atoms with Gasteiger partial charge in [-0.25, -0.2) is 0 Å². The van der Waals surface area contributed by atoms with Crippen LogP contribution in [0, 0.1) is 11.8 Å². The normalized spacial score (nSPS) is 11.7. The maximum atomic E-state index is 3.61. The van der Waals surface area contributed by atoms with Crippen LogP contribution in [0.25, 0.3) is 0 Å². The van der Waals surface area contributed by atoms with Crippen molar-refractivity contribution in [2.24, 2.45) is 0 Å². The van der Waals surface area contributed by atoms with Gasteiger partial charge in [0.25, 0.3) is 0 Å². The Hall–Kier alpha value is -0.430. The minimum atomic E-state index is 0.540. The number of benzene rings is 1. The van der Waals surface area contributed by atoms with Gasteiger partial charge in [0.2, 0.25) is 0 Å². The predicted molar refractivity (Wildman–Crippen MR) is 89.6 cm³/mol. The molecule has 0 aliphatic heterocycles. The second kappa shape index (κ2) is 10.4. The average molecular weight is 340 g/mol. The van der Waals surface area contributed by atoms with E-state index in [0.717, 1.165) is 25.1 Å². The minimum absolute atomic E-state index is 0.540. The Morgan fingerprint density at radius 2 is 2.16 bits per heavy atom. The van der Waals surface area contributed by atoms with E-state index in [0.29, 0.717) is 6.04 Å². The monoisotopic (exact) mass is 339 g/mol. The summed E-state index contributed by atoms with van der Waals surface area (Å²) in [5.74, 6) is 7.22. The molecule has 0 radical (unpaired) electrons. The van der Waals surface area contributed by atoms with Crippen LogP contribution in [0.1, 0.15) is 33.1 Å². The molecule has 1 aromatic rings. The van der Waals surface area contributed by atoms with Crippen molar-refractivity contribution in [2.45, 2.75) is 44.0 Å². The number of thioether (sulfide) groups is 1. The zero-order valence-electron chi connectivity index (χ0n) is 11.7. The van der Waals surface area contributed by atoms with Crippen molar-refractivity contribution in [1.82, 2.24) is 5.32 Å². The molecule has 1 aromatic carbocycles. The Balaban J connectivity index is 2.46. The lowest BCUT2D eigenvalue weighted by Crippen LogP contribution is -2.31. The molecule has 1 atom stereocenters. The van der Waals surface area contributed by atoms with E-state index < -0.39 is 0 Å². The van der Waals surface area contributed by atoms with Gasteiger partial charge in [-0.05, 0) is 54.4 Å². The molecule has 1 nitrogen and oxygen atoms in total. The first-order chi connectivity index (χ1) is 9.27. The molecular weight excluding hydrogens is 318 g/mol. The first kappa shape index (κ1) is 16.6. The third-order valence-corrected chi connectivity index (χ3v) is 4.94. The Morgan fingerprint density at radius 3 is 2.84 bits per heavy atom. The van der Waals surface area contributed by atoms with E-state index in [-0.39, 0.29) is 0 Å². The second-order valence-electron chi connectivity index (χ2n) is 4.36. The summed E-state index contributed by atoms with van der Waals surface area (Å²) in [5, 5.41) is 3.61. The molecule has 0 saturated heterocycles. The smallest absolute Gasteiger partial charge is 0.0311 e. The van der Waals surface area contributed by atoms with Gasteiger partial charge in [-0.15, -0.1) is 23.6 Å². The van der Waals surface area contributed by atoms with Crippen molar-refractivity contribution in [1.29, 1.82) is 0 Å². The summed E-state index contributed by atoms with van der Waals surface area (Å²) in [5.41, 5.74) is 0. The van der Waals surface area contributed by atoms with Crippen molar-refractivity contribution in [3.8, 4) is 11.8 Å². The molecule has 0 aliphatic rings. The molecule has 0 spiro atoms. The van der Waals surface area contributed by atoms with Crippen molar-refractivity contribution < 1.29 is 0 Å². The van der Waals surface area contributed by atoms with Gasteiger partial charge in [-0.1, -0.05) is 19.1 Å². The van der Waals surface area contributed by atoms with Crippen LogP contribution in [0.5, 0.6) is 0 Å². The lowest BCUT2D eigenvalue weighted by molar-refractivity contribution is 0.526. The summed E-state index contributed by atoms with van der Waals surface area (Å²) in [7, 11) is 0. The van der Waals surface area contributed by atoms with E-state index >= 15 is 0 Å². The average Bonchev–Trinajstić information content (AvgIpc) is 2.43. The lowest BCUT2D eigenvalue weighted by atomic mass is 10.2. The molecule has 1 N–H and O–H groups in total. The standard InChI is InChI=1S/C16H22BrNS/c1-3-5-6-9-14(18-12-4-2)13-19-16-11-8-7-10-15(16)17/h7-8,10-11,14,18H,4,6,9,12-13H2,1-2H3. The molecule has 3 heteroatoms. The summed E-state index contributed by atoms with van der Waals surface area (Å²) in [6.45, 7) is 5.20. The van der Waals surface area contributed by atoms with Crippen LogP contribution in [0.2, 0.25) is 0 Å². The highest BCUT2D eigenvalue weighted by molar-refractivity contribution is 9.10. The topological polar surface area (TPSA) is 12.0 Å². The molecule has 0 fully saturated rings. The molecule has 0 aliphatic carbocycles. The van der Waals surface area contributed by atoms with Gasteiger partial charge < -0.3 is 5.32 Å². The first-order valence-corrected chi connectivity index (χ1v) is 8.56. The maximum Gasteiger partial charge on any atom is 0.0311 e. The fourth-order valence-electron chi connectivity index (χ4n) is 1.72. The van der Waals surface area contributed by atoms with E-state index in [2.05, 4.69) is 64.3 Å². The van der Waals surface area contributed by atoms with Crippen molar-refractivity contribution in [3.05, 3.63) is 28.7 Å². The van der Waals surface area contributed by atoms with Gasteiger partial charge >= 0.3 is 0 Å². The highest BCUT2D eigenvalue weighted by atomic mass is 79.9. The van der Waals surface area contributed by atoms with Gasteiger partial charge in [0, 0.05) is 27.6 Å². The first-order valence-electron chi connectivity index (χ1n) is 6.78. The molecule has 1 unspecified atom stereocenters. The van der Waals surface area contributed by atoms with Crippen LogP contribution in [0.3, 0.4) is 0 Å². The number of hydrogen-bond donors (Lipinski definition) is 1. The summed E-state index contributed by atoms with van der Waals surface area (Å²) >= 11 is 5.51. The van der Waals surface area contributed by atoms with Crippen LogP contribution in [-0.2, 0) is 0 Å². The molecule has 1 rings (SSSR count). The molecule has 0 amide bonds. The SMILES string of the molecule is CC#CCCC(CSc1ccccc1Br)NCCC. The largest absolute Gasteiger partial charge is 0.313 e. The third kappa shape index (κ3) is 7.06. The van der Waals surface area contributed by atoms with Gasteiger partial charge in [-0.3, -0.25) is 0 Å². The maximum absolute atomic E-state index is 3.61. The second-order valence-corrected chi connectivity index (χ2v) is 6.27. The predicted octanol–water partition coefficient (Wildman–Crippen LogP) is 4.71. The summed E-state index contributed by atoms with van der Waals surface area (Å²) in [4.78, 5) is 1.31. The molecule has 0 aromatic heterocycles. The Bertz CT molecular complexity index is 422. The summed E-state index contributed by atoms with van der Waals surface area (Å²) in [6, 6.07) is 8.94. The number of halogens is 1. The van der Waals surface area contributed by atoms with Crippen LogP contribution in [0.15, 0.2) is 33.6 Å². The molecule has 104 valence electrons. The van der Waals surface area contributed by atoms with E-state index in [4.69, 9.17) is 0 Å². The molecule has 19 heavy (non-hydrogen) atoms. The third-order valence-electron chi connectivity index (χ3n) is 2.75. The zero-order valence-corrected chi connectivity index (χ0v) is 14.1. The highest BCUT2D eigenvalue weighted by Crippen LogP contribution is 2.27. The Morgan fingerprint density at radius 1 is 1.37 bits per heavy atom. The van der Waals surface area contributed by atoms with Gasteiger partial charge in [0.15, 0.2) is 0 Å². The number of rotatable bonds is 8. The van der Waals surface area contributed by atoms with Gasteiger partial charge in [0.1, 0.15) is 0 Å². The highest BCUT2D eigenvalue weighted by Gasteiger charge is 2.08. The molecule has 0 bridgehead atoms. The molecular formula is C16H22BrNS. The van der Waals surface area contributed by atoms with Crippen LogP contribution < -0.4 is 5.32 Å². The van der Waals surface area contributed by atoms with Gasteiger partial charge in [0.05, 0.1) is 0 Å². The van der Waals surface area contributed by atoms with Crippen molar-refractivity contribution in [2.75, 3.05) is 12.3 Å². The number of hydrogen-bond acceptors (Lipinski definition) is 2. The zero-order chi connectivity index (χ0) is 13.9. The summed E-state index contributed by atoms with van der Waals surface area (Å²) < 4.78 is 1.18. The van der Waals surface area contributed by atoms with Crippen molar-refractivity contribution in [3.63, 3.8) is 0 Å². The fraction of sp³-hybridized carbons (Fsp3) is 0.500. The quantitative estimate of drug-likeness (QED) is 0.543. The minimum Gasteiger partial charge on any atom is -0.313 e. The van der Waals surface area contributed by atoms with E-state index in [1.807, 2.05) is 18.7 Å². The van der Waals surface area contributed by atoms with E-state index in [1.165, 1.54) is 15.8 Å². The van der Waals surface area contributed by atoms with Crippen LogP contribution in [0.4, 0.5) is 0 Å².